The van der Waals surface area contributed by atoms with E-state index in [1.54, 1.807) is 6.92 Å². The van der Waals surface area contributed by atoms with Gasteiger partial charge in [-0.3, -0.25) is 4.79 Å². The van der Waals surface area contributed by atoms with E-state index in [0.29, 0.717) is 12.8 Å². The molecule has 2 aliphatic rings. The van der Waals surface area contributed by atoms with Gasteiger partial charge in [0.25, 0.3) is 0 Å². The molecule has 5 nitrogen and oxygen atoms in total. The van der Waals surface area contributed by atoms with Crippen molar-refractivity contribution in [3.8, 4) is 0 Å². The van der Waals surface area contributed by atoms with Crippen LogP contribution in [0.2, 0.25) is 0 Å². The van der Waals surface area contributed by atoms with Gasteiger partial charge in [0.1, 0.15) is 5.54 Å². The molecule has 0 bridgehead atoms. The molecule has 19 heavy (non-hydrogen) atoms. The van der Waals surface area contributed by atoms with Crippen molar-refractivity contribution in [3.05, 3.63) is 0 Å². The Balaban J connectivity index is 2.11. The van der Waals surface area contributed by atoms with Crippen LogP contribution in [0.25, 0.3) is 0 Å². The van der Waals surface area contributed by atoms with E-state index in [1.165, 1.54) is 0 Å². The molecule has 5 heteroatoms. The molecular weight excluding hydrogens is 244 g/mol. The van der Waals surface area contributed by atoms with Crippen LogP contribution in [-0.4, -0.2) is 28.1 Å². The van der Waals surface area contributed by atoms with Gasteiger partial charge in [-0.2, -0.15) is 0 Å². The topological polar surface area (TPSA) is 92.4 Å². The minimum atomic E-state index is -1.11. The third-order valence-corrected chi connectivity index (χ3v) is 4.63. The van der Waals surface area contributed by atoms with E-state index in [0.717, 1.165) is 38.5 Å². The number of nitrogens with two attached hydrogens (primary N) is 1. The van der Waals surface area contributed by atoms with Crippen molar-refractivity contribution < 1.29 is 14.7 Å². The number of carbonyl (C=O) groups is 2. The standard InChI is InChI=1S/C14H24N2O3/c1-13(15,10-6-7-10)11(17)16-14(12(18)19)8-4-2-3-5-9-14/h10H,2-9,15H2,1H3,(H,16,17)(H,18,19). The lowest BCUT2D eigenvalue weighted by molar-refractivity contribution is -0.149. The van der Waals surface area contributed by atoms with E-state index >= 15 is 0 Å². The molecule has 0 aliphatic heterocycles. The maximum absolute atomic E-state index is 12.3. The molecule has 0 spiro atoms. The maximum Gasteiger partial charge on any atom is 0.329 e. The predicted octanol–water partition coefficient (Wildman–Crippen LogP) is 1.41. The second-order valence-electron chi connectivity index (χ2n) is 6.31. The normalized spacial score (nSPS) is 26.0. The summed E-state index contributed by atoms with van der Waals surface area (Å²) in [6.07, 6.45) is 6.69. The van der Waals surface area contributed by atoms with E-state index in [-0.39, 0.29) is 11.8 Å². The number of nitrogens with one attached hydrogen (secondary N) is 1. The van der Waals surface area contributed by atoms with Crippen LogP contribution < -0.4 is 11.1 Å². The molecule has 0 heterocycles. The number of hydrogen-bond donors (Lipinski definition) is 3. The van der Waals surface area contributed by atoms with Gasteiger partial charge in [-0.05, 0) is 38.5 Å². The van der Waals surface area contributed by atoms with Crippen LogP contribution in [0.5, 0.6) is 0 Å². The lowest BCUT2D eigenvalue weighted by Crippen LogP contribution is -2.62. The fraction of sp³-hybridized carbons (Fsp3) is 0.857. The quantitative estimate of drug-likeness (QED) is 0.672. The van der Waals surface area contributed by atoms with Crippen molar-refractivity contribution in [1.29, 1.82) is 0 Å². The average Bonchev–Trinajstić information content (AvgIpc) is 3.16. The van der Waals surface area contributed by atoms with Crippen LogP contribution in [0.4, 0.5) is 0 Å². The van der Waals surface area contributed by atoms with Gasteiger partial charge in [-0.1, -0.05) is 25.7 Å². The first-order valence-corrected chi connectivity index (χ1v) is 7.23. The van der Waals surface area contributed by atoms with Crippen LogP contribution in [-0.2, 0) is 9.59 Å². The summed E-state index contributed by atoms with van der Waals surface area (Å²) in [6, 6.07) is 0. The third kappa shape index (κ3) is 2.91. The fourth-order valence-electron chi connectivity index (χ4n) is 2.94. The Morgan fingerprint density at radius 1 is 1.21 bits per heavy atom. The monoisotopic (exact) mass is 268 g/mol. The zero-order valence-corrected chi connectivity index (χ0v) is 11.6. The minimum absolute atomic E-state index is 0.198. The highest BCUT2D eigenvalue weighted by Gasteiger charge is 2.48. The largest absolute Gasteiger partial charge is 0.480 e. The Morgan fingerprint density at radius 2 is 1.74 bits per heavy atom. The van der Waals surface area contributed by atoms with Crippen molar-refractivity contribution in [1.82, 2.24) is 5.32 Å². The van der Waals surface area contributed by atoms with E-state index < -0.39 is 17.0 Å². The predicted molar refractivity (Wildman–Crippen MR) is 71.5 cm³/mol. The molecule has 4 N–H and O–H groups in total. The average molecular weight is 268 g/mol. The number of carboxylic acids is 1. The first kappa shape index (κ1) is 14.3. The highest BCUT2D eigenvalue weighted by molar-refractivity contribution is 5.92. The molecule has 2 aliphatic carbocycles. The Kier molecular flexibility index (Phi) is 3.85. The summed E-state index contributed by atoms with van der Waals surface area (Å²) in [5.41, 5.74) is 4.03. The molecule has 0 aromatic heterocycles. The van der Waals surface area contributed by atoms with Gasteiger partial charge < -0.3 is 16.2 Å². The van der Waals surface area contributed by atoms with Crippen LogP contribution >= 0.6 is 0 Å². The molecule has 0 aromatic rings. The van der Waals surface area contributed by atoms with Gasteiger partial charge in [0.05, 0.1) is 5.54 Å². The number of carbonyl (C=O) groups excluding carboxylic acids is 1. The molecule has 1 amide bonds. The van der Waals surface area contributed by atoms with E-state index in [9.17, 15) is 14.7 Å². The Labute approximate surface area is 113 Å². The van der Waals surface area contributed by atoms with Crippen LogP contribution in [0.3, 0.4) is 0 Å². The second kappa shape index (κ2) is 5.12. The van der Waals surface area contributed by atoms with Gasteiger partial charge in [-0.25, -0.2) is 4.79 Å². The summed E-state index contributed by atoms with van der Waals surface area (Å²) < 4.78 is 0. The van der Waals surface area contributed by atoms with Crippen LogP contribution in [0.15, 0.2) is 0 Å². The van der Waals surface area contributed by atoms with Crippen molar-refractivity contribution in [2.75, 3.05) is 0 Å². The highest BCUT2D eigenvalue weighted by Crippen LogP contribution is 2.39. The number of rotatable bonds is 4. The molecule has 0 saturated heterocycles. The first-order valence-electron chi connectivity index (χ1n) is 7.23. The van der Waals surface area contributed by atoms with Crippen LogP contribution in [0.1, 0.15) is 58.3 Å². The van der Waals surface area contributed by atoms with Crippen molar-refractivity contribution in [3.63, 3.8) is 0 Å². The van der Waals surface area contributed by atoms with Crippen molar-refractivity contribution in [2.24, 2.45) is 11.7 Å². The van der Waals surface area contributed by atoms with Gasteiger partial charge >= 0.3 is 5.97 Å². The summed E-state index contributed by atoms with van der Waals surface area (Å²) >= 11 is 0. The SMILES string of the molecule is CC(N)(C(=O)NC1(C(=O)O)CCCCCC1)C1CC1. The Hall–Kier alpha value is -1.10. The minimum Gasteiger partial charge on any atom is -0.480 e. The number of amides is 1. The van der Waals surface area contributed by atoms with Crippen molar-refractivity contribution >= 4 is 11.9 Å². The maximum atomic E-state index is 12.3. The molecule has 0 radical (unpaired) electrons. The summed E-state index contributed by atoms with van der Waals surface area (Å²) in [7, 11) is 0. The molecule has 2 fully saturated rings. The lowest BCUT2D eigenvalue weighted by Gasteiger charge is -2.33. The summed E-state index contributed by atoms with van der Waals surface area (Å²) in [4.78, 5) is 24.0. The molecular formula is C14H24N2O3. The number of aliphatic carboxylic acids is 1. The van der Waals surface area contributed by atoms with Crippen LogP contribution in [0, 0.1) is 5.92 Å². The zero-order chi connectivity index (χ0) is 14.1. The summed E-state index contributed by atoms with van der Waals surface area (Å²) in [6.45, 7) is 1.71. The zero-order valence-electron chi connectivity index (χ0n) is 11.6. The Morgan fingerprint density at radius 3 is 2.16 bits per heavy atom. The smallest absolute Gasteiger partial charge is 0.329 e. The van der Waals surface area contributed by atoms with Gasteiger partial charge in [0.2, 0.25) is 5.91 Å². The Bertz CT molecular complexity index is 367. The molecule has 1 atom stereocenters. The van der Waals surface area contributed by atoms with Gasteiger partial charge in [0.15, 0.2) is 0 Å². The van der Waals surface area contributed by atoms with E-state index in [1.807, 2.05) is 0 Å². The van der Waals surface area contributed by atoms with Gasteiger partial charge in [0, 0.05) is 0 Å². The van der Waals surface area contributed by atoms with E-state index in [2.05, 4.69) is 5.32 Å². The second-order valence-corrected chi connectivity index (χ2v) is 6.31. The molecule has 2 rings (SSSR count). The molecule has 2 saturated carbocycles. The number of carboxylic acid groups (broad SMARTS) is 1. The molecule has 0 aromatic carbocycles. The lowest BCUT2D eigenvalue weighted by atomic mass is 9.87. The van der Waals surface area contributed by atoms with Gasteiger partial charge in [-0.15, -0.1) is 0 Å². The third-order valence-electron chi connectivity index (χ3n) is 4.63. The van der Waals surface area contributed by atoms with Crippen molar-refractivity contribution in [2.45, 2.75) is 69.4 Å². The molecule has 1 unspecified atom stereocenters. The highest BCUT2D eigenvalue weighted by atomic mass is 16.4. The first-order chi connectivity index (χ1) is 8.88. The fourth-order valence-corrected chi connectivity index (χ4v) is 2.94. The number of hydrogen-bond acceptors (Lipinski definition) is 3. The summed E-state index contributed by atoms with van der Waals surface area (Å²) in [5, 5.41) is 12.3. The summed E-state index contributed by atoms with van der Waals surface area (Å²) in [5.74, 6) is -1.03. The van der Waals surface area contributed by atoms with E-state index in [4.69, 9.17) is 5.73 Å². The molecule has 108 valence electrons.